The van der Waals surface area contributed by atoms with Gasteiger partial charge in [0.2, 0.25) is 11.8 Å². The van der Waals surface area contributed by atoms with E-state index in [9.17, 15) is 19.2 Å². The molecule has 122 valence electrons. The maximum Gasteiger partial charge on any atom is 0.328 e. The predicted molar refractivity (Wildman–Crippen MR) is 80.6 cm³/mol. The molecule has 0 bridgehead atoms. The number of hydrogen-bond donors (Lipinski definition) is 4. The molecule has 0 spiro atoms. The van der Waals surface area contributed by atoms with Gasteiger partial charge in [-0.05, 0) is 5.56 Å². The number of nitrogens with one attached hydrogen (secondary N) is 3. The number of carbonyl (C=O) groups is 4. The SMILES string of the molecule is O=C(O)/C=C/C(=O)NNC(=O)CCC(=O)NCc1ccccc1. The quantitative estimate of drug-likeness (QED) is 0.412. The smallest absolute Gasteiger partial charge is 0.328 e. The molecule has 0 aliphatic carbocycles. The summed E-state index contributed by atoms with van der Waals surface area (Å²) in [6.45, 7) is 0.373. The molecule has 0 unspecified atom stereocenters. The second-order valence-corrected chi connectivity index (χ2v) is 4.47. The molecule has 0 aromatic heterocycles. The Balaban J connectivity index is 2.18. The van der Waals surface area contributed by atoms with Crippen LogP contribution in [-0.4, -0.2) is 28.8 Å². The minimum absolute atomic E-state index is 0.0283. The first-order chi connectivity index (χ1) is 11.0. The summed E-state index contributed by atoms with van der Waals surface area (Å²) in [6, 6.07) is 9.32. The minimum atomic E-state index is -1.28. The van der Waals surface area contributed by atoms with Gasteiger partial charge in [-0.1, -0.05) is 30.3 Å². The van der Waals surface area contributed by atoms with Crippen LogP contribution >= 0.6 is 0 Å². The summed E-state index contributed by atoms with van der Waals surface area (Å²) in [7, 11) is 0. The van der Waals surface area contributed by atoms with Crippen LogP contribution < -0.4 is 16.2 Å². The second-order valence-electron chi connectivity index (χ2n) is 4.47. The maximum absolute atomic E-state index is 11.6. The Morgan fingerprint density at radius 3 is 2.22 bits per heavy atom. The molecule has 1 rings (SSSR count). The zero-order valence-electron chi connectivity index (χ0n) is 12.2. The molecule has 0 saturated heterocycles. The van der Waals surface area contributed by atoms with E-state index in [4.69, 9.17) is 5.11 Å². The van der Waals surface area contributed by atoms with Crippen LogP contribution in [0, 0.1) is 0 Å². The van der Waals surface area contributed by atoms with Crippen molar-refractivity contribution in [2.75, 3.05) is 0 Å². The number of carbonyl (C=O) groups excluding carboxylic acids is 3. The number of rotatable bonds is 7. The van der Waals surface area contributed by atoms with E-state index in [2.05, 4.69) is 10.7 Å². The van der Waals surface area contributed by atoms with Crippen molar-refractivity contribution < 1.29 is 24.3 Å². The fourth-order valence-corrected chi connectivity index (χ4v) is 1.49. The van der Waals surface area contributed by atoms with E-state index in [0.29, 0.717) is 12.6 Å². The number of carboxylic acid groups (broad SMARTS) is 1. The molecule has 0 fully saturated rings. The van der Waals surface area contributed by atoms with Crippen LogP contribution in [0.25, 0.3) is 0 Å². The summed E-state index contributed by atoms with van der Waals surface area (Å²) in [6.07, 6.45) is 1.26. The molecule has 3 amide bonds. The van der Waals surface area contributed by atoms with Crippen molar-refractivity contribution in [3.05, 3.63) is 48.0 Å². The third-order valence-corrected chi connectivity index (χ3v) is 2.61. The first-order valence-corrected chi connectivity index (χ1v) is 6.78. The average Bonchev–Trinajstić information content (AvgIpc) is 2.55. The molecular formula is C15H17N3O5. The van der Waals surface area contributed by atoms with Gasteiger partial charge < -0.3 is 10.4 Å². The van der Waals surface area contributed by atoms with Crippen molar-refractivity contribution >= 4 is 23.7 Å². The van der Waals surface area contributed by atoms with Gasteiger partial charge in [-0.15, -0.1) is 0 Å². The van der Waals surface area contributed by atoms with Crippen molar-refractivity contribution in [3.63, 3.8) is 0 Å². The molecule has 0 aliphatic heterocycles. The first-order valence-electron chi connectivity index (χ1n) is 6.78. The lowest BCUT2D eigenvalue weighted by Gasteiger charge is -2.06. The first kappa shape index (κ1) is 17.9. The second kappa shape index (κ2) is 9.72. The van der Waals surface area contributed by atoms with Crippen LogP contribution in [0.15, 0.2) is 42.5 Å². The lowest BCUT2D eigenvalue weighted by molar-refractivity contribution is -0.132. The minimum Gasteiger partial charge on any atom is -0.478 e. The van der Waals surface area contributed by atoms with Crippen molar-refractivity contribution in [1.82, 2.24) is 16.2 Å². The van der Waals surface area contributed by atoms with Crippen LogP contribution in [-0.2, 0) is 25.7 Å². The van der Waals surface area contributed by atoms with Crippen LogP contribution in [0.2, 0.25) is 0 Å². The van der Waals surface area contributed by atoms with Gasteiger partial charge in [0.1, 0.15) is 0 Å². The van der Waals surface area contributed by atoms with Crippen LogP contribution in [0.4, 0.5) is 0 Å². The monoisotopic (exact) mass is 319 g/mol. The highest BCUT2D eigenvalue weighted by molar-refractivity contribution is 5.95. The summed E-state index contributed by atoms with van der Waals surface area (Å²) in [5, 5.41) is 11.0. The molecule has 8 heteroatoms. The summed E-state index contributed by atoms with van der Waals surface area (Å²) in [5.41, 5.74) is 5.02. The molecule has 4 N–H and O–H groups in total. The van der Waals surface area contributed by atoms with Gasteiger partial charge in [0, 0.05) is 31.5 Å². The Kier molecular flexibility index (Phi) is 7.56. The summed E-state index contributed by atoms with van der Waals surface area (Å²) < 4.78 is 0. The van der Waals surface area contributed by atoms with Gasteiger partial charge in [0.25, 0.3) is 5.91 Å². The van der Waals surface area contributed by atoms with Crippen molar-refractivity contribution in [1.29, 1.82) is 0 Å². The van der Waals surface area contributed by atoms with Crippen LogP contribution in [0.1, 0.15) is 18.4 Å². The predicted octanol–water partition coefficient (Wildman–Crippen LogP) is -0.129. The number of benzene rings is 1. The van der Waals surface area contributed by atoms with Crippen molar-refractivity contribution in [3.8, 4) is 0 Å². The van der Waals surface area contributed by atoms with E-state index in [-0.39, 0.29) is 18.7 Å². The summed E-state index contributed by atoms with van der Waals surface area (Å²) in [5.74, 6) is -2.91. The van der Waals surface area contributed by atoms with Gasteiger partial charge in [-0.25, -0.2) is 4.79 Å². The Morgan fingerprint density at radius 2 is 1.57 bits per heavy atom. The highest BCUT2D eigenvalue weighted by Gasteiger charge is 2.07. The fraction of sp³-hybridized carbons (Fsp3) is 0.200. The number of amides is 3. The Morgan fingerprint density at radius 1 is 0.913 bits per heavy atom. The highest BCUT2D eigenvalue weighted by atomic mass is 16.4. The average molecular weight is 319 g/mol. The molecule has 0 heterocycles. The number of carboxylic acids is 1. The summed E-state index contributed by atoms with van der Waals surface area (Å²) in [4.78, 5) is 44.3. The lowest BCUT2D eigenvalue weighted by atomic mass is 10.2. The van der Waals surface area contributed by atoms with Gasteiger partial charge in [-0.3, -0.25) is 25.2 Å². The normalized spacial score (nSPS) is 10.1. The molecule has 1 aromatic rings. The van der Waals surface area contributed by atoms with Gasteiger partial charge in [0.15, 0.2) is 0 Å². The topological polar surface area (TPSA) is 125 Å². The van der Waals surface area contributed by atoms with Gasteiger partial charge in [0.05, 0.1) is 0 Å². The van der Waals surface area contributed by atoms with E-state index >= 15 is 0 Å². The Hall–Kier alpha value is -3.16. The molecule has 23 heavy (non-hydrogen) atoms. The van der Waals surface area contributed by atoms with Gasteiger partial charge in [-0.2, -0.15) is 0 Å². The third kappa shape index (κ3) is 8.66. The van der Waals surface area contributed by atoms with E-state index in [1.165, 1.54) is 0 Å². The molecule has 0 saturated carbocycles. The molecule has 8 nitrogen and oxygen atoms in total. The number of aliphatic carboxylic acids is 1. The third-order valence-electron chi connectivity index (χ3n) is 2.61. The molecular weight excluding hydrogens is 302 g/mol. The van der Waals surface area contributed by atoms with Crippen LogP contribution in [0.5, 0.6) is 0 Å². The standard InChI is InChI=1S/C15H17N3O5/c19-12(16-10-11-4-2-1-3-5-11)6-7-13(20)17-18-14(21)8-9-15(22)23/h1-5,8-9H,6-7,10H2,(H,16,19)(H,17,20)(H,18,21)(H,22,23)/b9-8+. The largest absolute Gasteiger partial charge is 0.478 e. The van der Waals surface area contributed by atoms with E-state index < -0.39 is 17.8 Å². The van der Waals surface area contributed by atoms with E-state index in [0.717, 1.165) is 11.6 Å². The number of hydrazine groups is 1. The van der Waals surface area contributed by atoms with E-state index in [1.807, 2.05) is 35.8 Å². The lowest BCUT2D eigenvalue weighted by Crippen LogP contribution is -2.41. The fourth-order valence-electron chi connectivity index (χ4n) is 1.49. The molecule has 0 aliphatic rings. The van der Waals surface area contributed by atoms with Crippen LogP contribution in [0.3, 0.4) is 0 Å². The Labute approximate surface area is 132 Å². The zero-order valence-corrected chi connectivity index (χ0v) is 12.2. The van der Waals surface area contributed by atoms with Gasteiger partial charge >= 0.3 is 5.97 Å². The number of hydrogen-bond acceptors (Lipinski definition) is 4. The molecule has 1 aromatic carbocycles. The van der Waals surface area contributed by atoms with Crippen molar-refractivity contribution in [2.24, 2.45) is 0 Å². The Bertz CT molecular complexity index is 598. The molecule has 0 radical (unpaired) electrons. The van der Waals surface area contributed by atoms with Crippen molar-refractivity contribution in [2.45, 2.75) is 19.4 Å². The highest BCUT2D eigenvalue weighted by Crippen LogP contribution is 1.98. The summed E-state index contributed by atoms with van der Waals surface area (Å²) >= 11 is 0. The maximum atomic E-state index is 11.6. The van der Waals surface area contributed by atoms with E-state index in [1.54, 1.807) is 0 Å². The molecule has 0 atom stereocenters. The zero-order chi connectivity index (χ0) is 17.1.